The molecule has 2 amide bonds. The van der Waals surface area contributed by atoms with Crippen LogP contribution in [0.5, 0.6) is 11.5 Å². The van der Waals surface area contributed by atoms with E-state index in [0.29, 0.717) is 37.4 Å². The van der Waals surface area contributed by atoms with Gasteiger partial charge in [0.25, 0.3) is 5.91 Å². The number of hydrogen-bond acceptors (Lipinski definition) is 6. The molecule has 0 aliphatic rings. The number of alkyl carbamates (subject to hydrolysis) is 1. The minimum atomic E-state index is -1.13. The standard InChI is InChI=1S/C26H34N2O7/c1-17-9-12-20(22(15-17)34-14-8-7-13-27-25(32)35-26(2,3)4)28(5)23(29)18-10-11-19(24(30)31)21(16-18)33-6/h9-12,15-16H,7-8,13-14H2,1-6H3,(H,27,32)(H,30,31). The van der Waals surface area contributed by atoms with Crippen LogP contribution in [0.1, 0.15) is 59.9 Å². The average Bonchev–Trinajstić information content (AvgIpc) is 2.78. The molecule has 2 rings (SSSR count). The number of nitrogens with one attached hydrogen (secondary N) is 1. The summed E-state index contributed by atoms with van der Waals surface area (Å²) in [5.74, 6) is -0.813. The smallest absolute Gasteiger partial charge is 0.407 e. The van der Waals surface area contributed by atoms with E-state index in [4.69, 9.17) is 14.2 Å². The molecule has 0 saturated heterocycles. The van der Waals surface area contributed by atoms with Crippen LogP contribution in [-0.2, 0) is 4.74 Å². The number of nitrogens with zero attached hydrogens (tertiary/aromatic N) is 1. The maximum absolute atomic E-state index is 13.1. The Labute approximate surface area is 206 Å². The Morgan fingerprint density at radius 2 is 1.74 bits per heavy atom. The van der Waals surface area contributed by atoms with Crippen molar-refractivity contribution in [2.45, 2.75) is 46.1 Å². The van der Waals surface area contributed by atoms with Gasteiger partial charge in [-0.3, -0.25) is 4.79 Å². The molecule has 0 aromatic heterocycles. The second kappa shape index (κ2) is 12.1. The molecule has 35 heavy (non-hydrogen) atoms. The minimum absolute atomic E-state index is 0.0211. The lowest BCUT2D eigenvalue weighted by Crippen LogP contribution is -2.33. The molecule has 0 radical (unpaired) electrons. The third-order valence-corrected chi connectivity index (χ3v) is 4.96. The topological polar surface area (TPSA) is 114 Å². The first-order valence-corrected chi connectivity index (χ1v) is 11.3. The second-order valence-electron chi connectivity index (χ2n) is 9.04. The molecule has 0 bridgehead atoms. The van der Waals surface area contributed by atoms with Crippen molar-refractivity contribution < 1.29 is 33.7 Å². The van der Waals surface area contributed by atoms with Gasteiger partial charge in [-0.05, 0) is 76.4 Å². The van der Waals surface area contributed by atoms with Crippen molar-refractivity contribution >= 4 is 23.7 Å². The summed E-state index contributed by atoms with van der Waals surface area (Å²) in [7, 11) is 2.98. The molecule has 0 heterocycles. The maximum atomic E-state index is 13.1. The van der Waals surface area contributed by atoms with Crippen LogP contribution in [0.2, 0.25) is 0 Å². The fraction of sp³-hybridized carbons (Fsp3) is 0.423. The Morgan fingerprint density at radius 3 is 2.37 bits per heavy atom. The fourth-order valence-electron chi connectivity index (χ4n) is 3.23. The number of carbonyl (C=O) groups excluding carboxylic acids is 2. The van der Waals surface area contributed by atoms with Gasteiger partial charge in [0.05, 0.1) is 19.4 Å². The van der Waals surface area contributed by atoms with Crippen LogP contribution >= 0.6 is 0 Å². The van der Waals surface area contributed by atoms with Crippen molar-refractivity contribution in [2.24, 2.45) is 0 Å². The van der Waals surface area contributed by atoms with E-state index in [1.807, 2.05) is 39.8 Å². The number of carboxylic acids is 1. The second-order valence-corrected chi connectivity index (χ2v) is 9.04. The zero-order valence-corrected chi connectivity index (χ0v) is 21.1. The zero-order valence-electron chi connectivity index (χ0n) is 21.1. The summed E-state index contributed by atoms with van der Waals surface area (Å²) >= 11 is 0. The number of aryl methyl sites for hydroxylation is 1. The Kier molecular flexibility index (Phi) is 9.50. The van der Waals surface area contributed by atoms with Crippen molar-refractivity contribution in [1.29, 1.82) is 0 Å². The summed E-state index contributed by atoms with van der Waals surface area (Å²) in [5, 5.41) is 12.0. The summed E-state index contributed by atoms with van der Waals surface area (Å²) in [4.78, 5) is 37.6. The van der Waals surface area contributed by atoms with Crippen molar-refractivity contribution in [3.8, 4) is 11.5 Å². The Balaban J connectivity index is 2.02. The van der Waals surface area contributed by atoms with Crippen LogP contribution in [0.25, 0.3) is 0 Å². The van der Waals surface area contributed by atoms with Gasteiger partial charge in [0.15, 0.2) is 0 Å². The Morgan fingerprint density at radius 1 is 1.03 bits per heavy atom. The summed E-state index contributed by atoms with van der Waals surface area (Å²) < 4.78 is 16.3. The van der Waals surface area contributed by atoms with Crippen molar-refractivity contribution in [1.82, 2.24) is 5.32 Å². The summed E-state index contributed by atoms with van der Waals surface area (Å²) in [6, 6.07) is 9.75. The maximum Gasteiger partial charge on any atom is 0.407 e. The molecule has 2 aromatic rings. The van der Waals surface area contributed by atoms with Crippen molar-refractivity contribution in [3.05, 3.63) is 53.1 Å². The molecule has 0 aliphatic heterocycles. The number of hydrogen-bond donors (Lipinski definition) is 2. The van der Waals surface area contributed by atoms with E-state index < -0.39 is 17.7 Å². The largest absolute Gasteiger partial charge is 0.496 e. The minimum Gasteiger partial charge on any atom is -0.496 e. The summed E-state index contributed by atoms with van der Waals surface area (Å²) in [6.07, 6.45) is 0.937. The number of rotatable bonds is 10. The molecule has 0 saturated carbocycles. The number of methoxy groups -OCH3 is 1. The first kappa shape index (κ1) is 27.5. The van der Waals surface area contributed by atoms with E-state index in [1.165, 1.54) is 30.2 Å². The van der Waals surface area contributed by atoms with E-state index in [0.717, 1.165) is 5.56 Å². The highest BCUT2D eigenvalue weighted by Crippen LogP contribution is 2.31. The van der Waals surface area contributed by atoms with Gasteiger partial charge in [0.2, 0.25) is 0 Å². The lowest BCUT2D eigenvalue weighted by Gasteiger charge is -2.22. The average molecular weight is 487 g/mol. The molecular weight excluding hydrogens is 452 g/mol. The number of ether oxygens (including phenoxy) is 3. The monoisotopic (exact) mass is 486 g/mol. The number of benzene rings is 2. The zero-order chi connectivity index (χ0) is 26.2. The van der Waals surface area contributed by atoms with Crippen LogP contribution in [0.15, 0.2) is 36.4 Å². The van der Waals surface area contributed by atoms with Gasteiger partial charge in [-0.15, -0.1) is 0 Å². The molecule has 0 fully saturated rings. The Bertz CT molecular complexity index is 1060. The predicted molar refractivity (Wildman–Crippen MR) is 133 cm³/mol. The molecular formula is C26H34N2O7. The third kappa shape index (κ3) is 8.20. The van der Waals surface area contributed by atoms with Gasteiger partial charge < -0.3 is 29.5 Å². The van der Waals surface area contributed by atoms with E-state index >= 15 is 0 Å². The van der Waals surface area contributed by atoms with E-state index in [1.54, 1.807) is 13.1 Å². The fourth-order valence-corrected chi connectivity index (χ4v) is 3.23. The van der Waals surface area contributed by atoms with Gasteiger partial charge >= 0.3 is 12.1 Å². The predicted octanol–water partition coefficient (Wildman–Crippen LogP) is 4.66. The molecule has 0 unspecified atom stereocenters. The van der Waals surface area contributed by atoms with Crippen LogP contribution in [0.4, 0.5) is 10.5 Å². The molecule has 2 aromatic carbocycles. The number of carboxylic acid groups (broad SMARTS) is 1. The van der Waals surface area contributed by atoms with Crippen LogP contribution in [-0.4, -0.2) is 56.0 Å². The van der Waals surface area contributed by atoms with Crippen LogP contribution in [0.3, 0.4) is 0 Å². The van der Waals surface area contributed by atoms with Crippen molar-refractivity contribution in [3.63, 3.8) is 0 Å². The quantitative estimate of drug-likeness (QED) is 0.469. The van der Waals surface area contributed by atoms with Gasteiger partial charge in [0, 0.05) is 19.2 Å². The number of anilines is 1. The summed E-state index contributed by atoms with van der Waals surface area (Å²) in [6.45, 7) is 8.22. The van der Waals surface area contributed by atoms with Crippen LogP contribution in [0, 0.1) is 6.92 Å². The van der Waals surface area contributed by atoms with Gasteiger partial charge in [-0.25, -0.2) is 9.59 Å². The van der Waals surface area contributed by atoms with Gasteiger partial charge in [0.1, 0.15) is 22.7 Å². The molecule has 0 aliphatic carbocycles. The summed E-state index contributed by atoms with van der Waals surface area (Å²) in [5.41, 5.74) is 1.28. The molecule has 0 atom stereocenters. The highest BCUT2D eigenvalue weighted by atomic mass is 16.6. The first-order chi connectivity index (χ1) is 16.4. The lowest BCUT2D eigenvalue weighted by atomic mass is 10.1. The van der Waals surface area contributed by atoms with Gasteiger partial charge in [-0.2, -0.15) is 0 Å². The van der Waals surface area contributed by atoms with Crippen molar-refractivity contribution in [2.75, 3.05) is 32.2 Å². The Hall–Kier alpha value is -3.75. The normalized spacial score (nSPS) is 10.9. The van der Waals surface area contributed by atoms with Gasteiger partial charge in [-0.1, -0.05) is 6.07 Å². The van der Waals surface area contributed by atoms with E-state index in [2.05, 4.69) is 5.32 Å². The van der Waals surface area contributed by atoms with E-state index in [-0.39, 0.29) is 22.8 Å². The molecule has 190 valence electrons. The molecule has 2 N–H and O–H groups in total. The molecule has 9 heteroatoms. The van der Waals surface area contributed by atoms with E-state index in [9.17, 15) is 19.5 Å². The first-order valence-electron chi connectivity index (χ1n) is 11.3. The third-order valence-electron chi connectivity index (χ3n) is 4.96. The SMILES string of the molecule is COc1cc(C(=O)N(C)c2ccc(C)cc2OCCCCNC(=O)OC(C)(C)C)ccc1C(=O)O. The molecule has 9 nitrogen and oxygen atoms in total. The number of aromatic carboxylic acids is 1. The number of unbranched alkanes of at least 4 members (excludes halogenated alkanes) is 1. The molecule has 0 spiro atoms. The highest BCUT2D eigenvalue weighted by Gasteiger charge is 2.20. The highest BCUT2D eigenvalue weighted by molar-refractivity contribution is 6.07. The lowest BCUT2D eigenvalue weighted by molar-refractivity contribution is 0.0525. The number of amides is 2. The van der Waals surface area contributed by atoms with Crippen LogP contribution < -0.4 is 19.7 Å². The number of carbonyl (C=O) groups is 3.